The summed E-state index contributed by atoms with van der Waals surface area (Å²) in [5.41, 5.74) is 0.667. The van der Waals surface area contributed by atoms with Gasteiger partial charge in [-0.3, -0.25) is 28.6 Å². The number of esters is 1. The fourth-order valence-electron chi connectivity index (χ4n) is 4.63. The van der Waals surface area contributed by atoms with E-state index in [-0.39, 0.29) is 40.3 Å². The topological polar surface area (TPSA) is 133 Å². The van der Waals surface area contributed by atoms with Crippen LogP contribution in [0.15, 0.2) is 9.70 Å². The molecule has 1 aromatic rings. The summed E-state index contributed by atoms with van der Waals surface area (Å²) in [6.45, 7) is 7.16. The van der Waals surface area contributed by atoms with Crippen LogP contribution in [0, 0.1) is 24.2 Å². The molecule has 3 heterocycles. The molecule has 2 aliphatic rings. The SMILES string of the molecule is CCCCn1c(N2CCC(C(=O)OCC)CC2)c(C=C2SC(=S)N(CCC(=O)O)C2=O)c(C)c(C#N)c1=O. The van der Waals surface area contributed by atoms with Crippen LogP contribution in [0.2, 0.25) is 0 Å². The van der Waals surface area contributed by atoms with E-state index in [4.69, 9.17) is 22.1 Å². The summed E-state index contributed by atoms with van der Waals surface area (Å²) >= 11 is 6.41. The van der Waals surface area contributed by atoms with Crippen molar-refractivity contribution in [3.05, 3.63) is 31.9 Å². The van der Waals surface area contributed by atoms with E-state index in [1.807, 2.05) is 17.9 Å². The number of carboxylic acid groups (broad SMARTS) is 1. The summed E-state index contributed by atoms with van der Waals surface area (Å²) in [4.78, 5) is 53.5. The van der Waals surface area contributed by atoms with Gasteiger partial charge in [-0.1, -0.05) is 37.3 Å². The second-order valence-electron chi connectivity index (χ2n) is 9.15. The number of nitriles is 1. The maximum atomic E-state index is 13.4. The molecule has 0 unspecified atom stereocenters. The van der Waals surface area contributed by atoms with E-state index in [1.54, 1.807) is 24.5 Å². The summed E-state index contributed by atoms with van der Waals surface area (Å²) in [6, 6.07) is 2.04. The number of hydrogen-bond acceptors (Lipinski definition) is 9. The molecular formula is C26H32N4O6S2. The van der Waals surface area contributed by atoms with E-state index in [9.17, 15) is 24.4 Å². The molecule has 1 N–H and O–H groups in total. The zero-order chi connectivity index (χ0) is 28.0. The standard InChI is InChI=1S/C26H32N4O6S2/c1-4-6-10-29-22(28-11-7-17(8-12-28)25(35)36-5-2)18(16(3)19(15-27)23(29)33)14-20-24(34)30(26(37)38-20)13-9-21(31)32/h14,17H,4-13H2,1-3H3,(H,31,32). The number of piperidine rings is 1. The number of anilines is 1. The molecule has 38 heavy (non-hydrogen) atoms. The number of carboxylic acids is 1. The van der Waals surface area contributed by atoms with Gasteiger partial charge in [0.15, 0.2) is 0 Å². The second-order valence-corrected chi connectivity index (χ2v) is 10.8. The van der Waals surface area contributed by atoms with Crippen molar-refractivity contribution in [2.75, 3.05) is 31.1 Å². The monoisotopic (exact) mass is 560 g/mol. The Morgan fingerprint density at radius 1 is 1.24 bits per heavy atom. The molecule has 10 nitrogen and oxygen atoms in total. The van der Waals surface area contributed by atoms with Crippen LogP contribution in [0.1, 0.15) is 62.6 Å². The van der Waals surface area contributed by atoms with E-state index in [0.717, 1.165) is 24.6 Å². The lowest BCUT2D eigenvalue weighted by Gasteiger charge is -2.35. The molecule has 0 aromatic carbocycles. The molecular weight excluding hydrogens is 528 g/mol. The third-order valence-corrected chi connectivity index (χ3v) is 8.07. The Balaban J connectivity index is 2.10. The molecule has 0 saturated carbocycles. The Bertz CT molecular complexity index is 1260. The molecule has 0 aliphatic carbocycles. The van der Waals surface area contributed by atoms with Crippen LogP contribution in [-0.2, 0) is 25.7 Å². The molecule has 3 rings (SSSR count). The minimum Gasteiger partial charge on any atom is -0.481 e. The number of carbonyl (C=O) groups excluding carboxylic acids is 2. The zero-order valence-electron chi connectivity index (χ0n) is 21.8. The fraction of sp³-hybridized carbons (Fsp3) is 0.538. The van der Waals surface area contributed by atoms with Crippen molar-refractivity contribution in [2.45, 2.75) is 59.4 Å². The first-order chi connectivity index (χ1) is 18.1. The van der Waals surface area contributed by atoms with Crippen molar-refractivity contribution in [1.82, 2.24) is 9.47 Å². The van der Waals surface area contributed by atoms with Crippen LogP contribution in [0.3, 0.4) is 0 Å². The van der Waals surface area contributed by atoms with E-state index < -0.39 is 11.9 Å². The highest BCUT2D eigenvalue weighted by atomic mass is 32.2. The largest absolute Gasteiger partial charge is 0.481 e. The molecule has 2 aliphatic heterocycles. The highest BCUT2D eigenvalue weighted by Crippen LogP contribution is 2.37. The number of rotatable bonds is 10. The Labute approximate surface area is 231 Å². The van der Waals surface area contributed by atoms with Crippen LogP contribution in [0.5, 0.6) is 0 Å². The lowest BCUT2D eigenvalue weighted by atomic mass is 9.95. The lowest BCUT2D eigenvalue weighted by Crippen LogP contribution is -2.41. The molecule has 2 fully saturated rings. The fourth-order valence-corrected chi connectivity index (χ4v) is 5.92. The Hall–Kier alpha value is -3.17. The number of thiocarbonyl (C=S) groups is 1. The minimum atomic E-state index is -1.03. The summed E-state index contributed by atoms with van der Waals surface area (Å²) in [5, 5.41) is 18.9. The maximum absolute atomic E-state index is 13.4. The van der Waals surface area contributed by atoms with Crippen molar-refractivity contribution >= 4 is 58.0 Å². The molecule has 1 aromatic heterocycles. The minimum absolute atomic E-state index is 0.0128. The average molecular weight is 561 g/mol. The Kier molecular flexibility index (Phi) is 10.1. The van der Waals surface area contributed by atoms with Crippen molar-refractivity contribution in [2.24, 2.45) is 5.92 Å². The van der Waals surface area contributed by atoms with Gasteiger partial charge in [0.2, 0.25) is 0 Å². The van der Waals surface area contributed by atoms with Gasteiger partial charge in [-0.2, -0.15) is 5.26 Å². The molecule has 204 valence electrons. The second kappa shape index (κ2) is 13.1. The number of aromatic nitrogens is 1. The highest BCUT2D eigenvalue weighted by Gasteiger charge is 2.34. The van der Waals surface area contributed by atoms with Gasteiger partial charge in [-0.25, -0.2) is 0 Å². The first-order valence-corrected chi connectivity index (χ1v) is 13.9. The lowest BCUT2D eigenvalue weighted by molar-refractivity contribution is -0.148. The van der Waals surface area contributed by atoms with Gasteiger partial charge < -0.3 is 14.7 Å². The number of nitrogens with zero attached hydrogens (tertiary/aromatic N) is 4. The number of pyridine rings is 1. The van der Waals surface area contributed by atoms with Gasteiger partial charge in [-0.05, 0) is 44.7 Å². The third kappa shape index (κ3) is 6.27. The number of aliphatic carboxylic acids is 1. The summed E-state index contributed by atoms with van der Waals surface area (Å²) in [6.07, 6.45) is 4.08. The molecule has 12 heteroatoms. The van der Waals surface area contributed by atoms with E-state index in [0.29, 0.717) is 60.9 Å². The van der Waals surface area contributed by atoms with Gasteiger partial charge in [0.1, 0.15) is 21.8 Å². The number of amides is 1. The quantitative estimate of drug-likeness (QED) is 0.258. The number of hydrogen-bond donors (Lipinski definition) is 1. The number of carbonyl (C=O) groups is 3. The molecule has 0 radical (unpaired) electrons. The van der Waals surface area contributed by atoms with Gasteiger partial charge in [0.05, 0.1) is 23.9 Å². The molecule has 2 saturated heterocycles. The van der Waals surface area contributed by atoms with Crippen LogP contribution in [0.25, 0.3) is 6.08 Å². The van der Waals surface area contributed by atoms with Crippen molar-refractivity contribution in [3.63, 3.8) is 0 Å². The summed E-state index contributed by atoms with van der Waals surface area (Å²) in [5.74, 6) is -1.28. The third-order valence-electron chi connectivity index (χ3n) is 6.69. The van der Waals surface area contributed by atoms with Crippen LogP contribution in [-0.4, -0.2) is 63.0 Å². The van der Waals surface area contributed by atoms with Crippen LogP contribution >= 0.6 is 24.0 Å². The molecule has 0 spiro atoms. The van der Waals surface area contributed by atoms with Gasteiger partial charge >= 0.3 is 11.9 Å². The van der Waals surface area contributed by atoms with E-state index in [2.05, 4.69) is 0 Å². The van der Waals surface area contributed by atoms with Crippen molar-refractivity contribution in [3.8, 4) is 6.07 Å². The average Bonchev–Trinajstić information content (AvgIpc) is 3.15. The van der Waals surface area contributed by atoms with Gasteiger partial charge in [0.25, 0.3) is 11.5 Å². The predicted molar refractivity (Wildman–Crippen MR) is 149 cm³/mol. The molecule has 0 atom stereocenters. The molecule has 0 bridgehead atoms. The smallest absolute Gasteiger partial charge is 0.309 e. The van der Waals surface area contributed by atoms with Gasteiger partial charge in [0, 0.05) is 31.7 Å². The predicted octanol–water partition coefficient (Wildman–Crippen LogP) is 3.28. The number of ether oxygens (including phenoxy) is 1. The number of unbranched alkanes of at least 4 members (excludes halogenated alkanes) is 1. The normalized spacial score (nSPS) is 17.3. The van der Waals surface area contributed by atoms with E-state index >= 15 is 0 Å². The zero-order valence-corrected chi connectivity index (χ0v) is 23.5. The number of thioether (sulfide) groups is 1. The van der Waals surface area contributed by atoms with Crippen molar-refractivity contribution in [1.29, 1.82) is 5.26 Å². The highest BCUT2D eigenvalue weighted by molar-refractivity contribution is 8.26. The van der Waals surface area contributed by atoms with E-state index in [1.165, 1.54) is 4.90 Å². The maximum Gasteiger partial charge on any atom is 0.309 e. The Morgan fingerprint density at radius 2 is 1.92 bits per heavy atom. The van der Waals surface area contributed by atoms with Gasteiger partial charge in [-0.15, -0.1) is 0 Å². The first-order valence-electron chi connectivity index (χ1n) is 12.7. The summed E-state index contributed by atoms with van der Waals surface area (Å²) in [7, 11) is 0. The van der Waals surface area contributed by atoms with Crippen LogP contribution < -0.4 is 10.5 Å². The van der Waals surface area contributed by atoms with Crippen molar-refractivity contribution < 1.29 is 24.2 Å². The first kappa shape index (κ1) is 29.4. The Morgan fingerprint density at radius 3 is 2.50 bits per heavy atom. The van der Waals surface area contributed by atoms with Crippen LogP contribution in [0.4, 0.5) is 5.82 Å². The molecule has 1 amide bonds. The summed E-state index contributed by atoms with van der Waals surface area (Å²) < 4.78 is 7.06.